The maximum Gasteiger partial charge on any atom is 0.266 e. The first kappa shape index (κ1) is 19.5. The number of amides is 2. The van der Waals surface area contributed by atoms with Crippen LogP contribution in [0.1, 0.15) is 11.6 Å². The van der Waals surface area contributed by atoms with Gasteiger partial charge >= 0.3 is 0 Å². The Balaban J connectivity index is 1.58. The smallest absolute Gasteiger partial charge is 0.266 e. The Morgan fingerprint density at radius 1 is 0.700 bits per heavy atom. The topological polar surface area (TPSA) is 49.9 Å². The predicted octanol–water partition coefficient (Wildman–Crippen LogP) is 5.26. The van der Waals surface area contributed by atoms with Crippen molar-refractivity contribution in [3.8, 4) is 0 Å². The molecule has 2 heterocycles. The monoisotopic (exact) mass is 526 g/mol. The van der Waals surface area contributed by atoms with Crippen LogP contribution in [0, 0.1) is 5.92 Å². The van der Waals surface area contributed by atoms with Gasteiger partial charge < -0.3 is 0 Å². The Labute approximate surface area is 190 Å². The number of halogens is 2. The van der Waals surface area contributed by atoms with E-state index in [0.717, 1.165) is 20.2 Å². The van der Waals surface area contributed by atoms with Crippen LogP contribution in [0.3, 0.4) is 0 Å². The average Bonchev–Trinajstić information content (AvgIpc) is 3.27. The van der Waals surface area contributed by atoms with Gasteiger partial charge in [-0.25, -0.2) is 9.96 Å². The molecule has 2 aliphatic rings. The Hall–Kier alpha value is -2.48. The average molecular weight is 528 g/mol. The molecule has 3 atom stereocenters. The number of carbonyl (C=O) groups is 2. The van der Waals surface area contributed by atoms with Crippen molar-refractivity contribution >= 4 is 55.0 Å². The van der Waals surface area contributed by atoms with E-state index in [-0.39, 0.29) is 11.8 Å². The molecule has 2 saturated heterocycles. The Morgan fingerprint density at radius 3 is 1.93 bits per heavy atom. The van der Waals surface area contributed by atoms with Crippen LogP contribution in [0.2, 0.25) is 0 Å². The van der Waals surface area contributed by atoms with Gasteiger partial charge in [0.1, 0.15) is 5.92 Å². The van der Waals surface area contributed by atoms with Gasteiger partial charge in [0.2, 0.25) is 5.91 Å². The SMILES string of the molecule is O=C1C2ON(c3ccccc3)C(c3ccc(Br)cc3)C2C(=O)N1c1ccc(Br)cc1. The van der Waals surface area contributed by atoms with Gasteiger partial charge in [0.05, 0.1) is 17.4 Å². The van der Waals surface area contributed by atoms with Crippen LogP contribution in [-0.2, 0) is 14.4 Å². The molecule has 150 valence electrons. The zero-order chi connectivity index (χ0) is 20.8. The molecular formula is C23H16Br2N2O3. The number of hydrogen-bond acceptors (Lipinski definition) is 4. The minimum Gasteiger partial charge on any atom is -0.273 e. The van der Waals surface area contributed by atoms with Crippen molar-refractivity contribution in [3.05, 3.63) is 93.4 Å². The summed E-state index contributed by atoms with van der Waals surface area (Å²) in [4.78, 5) is 34.1. The minimum absolute atomic E-state index is 0.251. The molecule has 3 aromatic carbocycles. The van der Waals surface area contributed by atoms with Crippen molar-refractivity contribution in [1.82, 2.24) is 0 Å². The number of fused-ring (bicyclic) bond motifs is 1. The lowest BCUT2D eigenvalue weighted by atomic mass is 9.90. The third kappa shape index (κ3) is 3.17. The first-order valence-electron chi connectivity index (χ1n) is 9.44. The van der Waals surface area contributed by atoms with Crippen LogP contribution in [0.5, 0.6) is 0 Å². The van der Waals surface area contributed by atoms with Crippen molar-refractivity contribution in [3.63, 3.8) is 0 Å². The lowest BCUT2D eigenvalue weighted by Gasteiger charge is -2.28. The molecule has 5 rings (SSSR count). The lowest BCUT2D eigenvalue weighted by Crippen LogP contribution is -2.37. The van der Waals surface area contributed by atoms with Gasteiger partial charge in [-0.05, 0) is 54.1 Å². The number of carbonyl (C=O) groups excluding carboxylic acids is 2. The summed E-state index contributed by atoms with van der Waals surface area (Å²) in [5.74, 6) is -1.23. The minimum atomic E-state index is -0.866. The molecule has 3 unspecified atom stereocenters. The molecule has 0 aliphatic carbocycles. The summed E-state index contributed by atoms with van der Waals surface area (Å²) in [5.41, 5.74) is 2.26. The van der Waals surface area contributed by atoms with E-state index in [0.29, 0.717) is 5.69 Å². The van der Waals surface area contributed by atoms with E-state index in [1.807, 2.05) is 66.7 Å². The molecule has 0 N–H and O–H groups in total. The molecule has 7 heteroatoms. The highest BCUT2D eigenvalue weighted by Crippen LogP contribution is 2.47. The molecule has 2 amide bonds. The van der Waals surface area contributed by atoms with Gasteiger partial charge in [-0.2, -0.15) is 0 Å². The van der Waals surface area contributed by atoms with Crippen molar-refractivity contribution in [2.45, 2.75) is 12.1 Å². The van der Waals surface area contributed by atoms with Crippen LogP contribution in [-0.4, -0.2) is 17.9 Å². The molecule has 5 nitrogen and oxygen atoms in total. The highest BCUT2D eigenvalue weighted by atomic mass is 79.9. The van der Waals surface area contributed by atoms with Crippen LogP contribution in [0.25, 0.3) is 0 Å². The maximum absolute atomic E-state index is 13.5. The summed E-state index contributed by atoms with van der Waals surface area (Å²) in [6, 6.07) is 24.0. The lowest BCUT2D eigenvalue weighted by molar-refractivity contribution is -0.126. The number of benzene rings is 3. The van der Waals surface area contributed by atoms with Gasteiger partial charge in [0, 0.05) is 8.95 Å². The quantitative estimate of drug-likeness (QED) is 0.436. The van der Waals surface area contributed by atoms with E-state index in [2.05, 4.69) is 31.9 Å². The van der Waals surface area contributed by atoms with Gasteiger partial charge in [-0.15, -0.1) is 0 Å². The first-order valence-corrected chi connectivity index (χ1v) is 11.0. The van der Waals surface area contributed by atoms with Gasteiger partial charge in [0.25, 0.3) is 5.91 Å². The highest BCUT2D eigenvalue weighted by Gasteiger charge is 2.60. The summed E-state index contributed by atoms with van der Waals surface area (Å²) in [6.07, 6.45) is -0.866. The van der Waals surface area contributed by atoms with E-state index < -0.39 is 18.1 Å². The summed E-state index contributed by atoms with van der Waals surface area (Å²) in [7, 11) is 0. The molecule has 2 fully saturated rings. The molecule has 0 aromatic heterocycles. The van der Waals surface area contributed by atoms with Crippen LogP contribution in [0.4, 0.5) is 11.4 Å². The fraction of sp³-hybridized carbons (Fsp3) is 0.130. The zero-order valence-corrected chi connectivity index (χ0v) is 18.8. The number of imide groups is 1. The normalized spacial score (nSPS) is 23.2. The standard InChI is InChI=1S/C23H16Br2N2O3/c24-15-8-6-14(7-9-15)20-19-21(30-27(20)18-4-2-1-3-5-18)23(29)26(22(19)28)17-12-10-16(25)11-13-17/h1-13,19-21H. The van der Waals surface area contributed by atoms with Crippen molar-refractivity contribution in [2.75, 3.05) is 9.96 Å². The van der Waals surface area contributed by atoms with Gasteiger partial charge in [0.15, 0.2) is 6.10 Å². The summed E-state index contributed by atoms with van der Waals surface area (Å²) in [5, 5.41) is 1.70. The molecule has 0 bridgehead atoms. The van der Waals surface area contributed by atoms with E-state index in [1.165, 1.54) is 4.90 Å². The second-order valence-corrected chi connectivity index (χ2v) is 9.03. The molecule has 30 heavy (non-hydrogen) atoms. The number of para-hydroxylation sites is 1. The van der Waals surface area contributed by atoms with Crippen molar-refractivity contribution in [1.29, 1.82) is 0 Å². The fourth-order valence-electron chi connectivity index (χ4n) is 4.06. The van der Waals surface area contributed by atoms with Gasteiger partial charge in [-0.1, -0.05) is 62.2 Å². The Kier molecular flexibility index (Phi) is 4.97. The zero-order valence-electron chi connectivity index (χ0n) is 15.6. The highest BCUT2D eigenvalue weighted by molar-refractivity contribution is 9.10. The molecule has 0 saturated carbocycles. The molecule has 3 aromatic rings. The van der Waals surface area contributed by atoms with Crippen LogP contribution >= 0.6 is 31.9 Å². The maximum atomic E-state index is 13.5. The van der Waals surface area contributed by atoms with Crippen LogP contribution in [0.15, 0.2) is 87.8 Å². The number of rotatable bonds is 3. The van der Waals surface area contributed by atoms with E-state index in [4.69, 9.17) is 4.84 Å². The molecule has 2 aliphatic heterocycles. The predicted molar refractivity (Wildman–Crippen MR) is 121 cm³/mol. The number of anilines is 2. The summed E-state index contributed by atoms with van der Waals surface area (Å²) < 4.78 is 1.82. The second-order valence-electron chi connectivity index (χ2n) is 7.20. The molecular weight excluding hydrogens is 512 g/mol. The molecule has 0 spiro atoms. The van der Waals surface area contributed by atoms with Crippen molar-refractivity contribution in [2.24, 2.45) is 5.92 Å². The largest absolute Gasteiger partial charge is 0.273 e. The van der Waals surface area contributed by atoms with Crippen LogP contribution < -0.4 is 9.96 Å². The summed E-state index contributed by atoms with van der Waals surface area (Å²) >= 11 is 6.85. The first-order chi connectivity index (χ1) is 14.5. The third-order valence-electron chi connectivity index (χ3n) is 5.42. The van der Waals surface area contributed by atoms with E-state index in [9.17, 15) is 9.59 Å². The van der Waals surface area contributed by atoms with Crippen molar-refractivity contribution < 1.29 is 14.4 Å². The van der Waals surface area contributed by atoms with E-state index in [1.54, 1.807) is 17.2 Å². The fourth-order valence-corrected chi connectivity index (χ4v) is 4.59. The van der Waals surface area contributed by atoms with E-state index >= 15 is 0 Å². The summed E-state index contributed by atoms with van der Waals surface area (Å²) in [6.45, 7) is 0. The number of hydroxylamine groups is 1. The van der Waals surface area contributed by atoms with Gasteiger partial charge in [-0.3, -0.25) is 14.4 Å². The Morgan fingerprint density at radius 2 is 1.30 bits per heavy atom. The Bertz CT molecular complexity index is 1100. The molecule has 0 radical (unpaired) electrons. The number of hydrogen-bond donors (Lipinski definition) is 0. The second kappa shape index (κ2) is 7.65. The third-order valence-corrected chi connectivity index (χ3v) is 6.48. The number of nitrogens with zero attached hydrogens (tertiary/aromatic N) is 2.